The summed E-state index contributed by atoms with van der Waals surface area (Å²) < 4.78 is 1.66. The first-order chi connectivity index (χ1) is 8.69. The maximum absolute atomic E-state index is 10.5. The van der Waals surface area contributed by atoms with Gasteiger partial charge in [0.05, 0.1) is 19.2 Å². The summed E-state index contributed by atoms with van der Waals surface area (Å²) >= 11 is 0. The van der Waals surface area contributed by atoms with Crippen LogP contribution in [0.2, 0.25) is 0 Å². The minimum atomic E-state index is -0.806. The van der Waals surface area contributed by atoms with E-state index in [1.54, 1.807) is 10.9 Å². The molecule has 0 atom stereocenters. The van der Waals surface area contributed by atoms with Crippen LogP contribution in [-0.2, 0) is 17.8 Å². The van der Waals surface area contributed by atoms with E-state index in [0.717, 1.165) is 17.5 Å². The molecule has 0 saturated carbocycles. The van der Waals surface area contributed by atoms with Crippen LogP contribution in [0.1, 0.15) is 18.9 Å². The summed E-state index contributed by atoms with van der Waals surface area (Å²) in [4.78, 5) is 10.5. The van der Waals surface area contributed by atoms with E-state index < -0.39 is 5.97 Å². The molecule has 4 nitrogen and oxygen atoms in total. The Bertz CT molecular complexity index is 529. The standard InChI is InChI=1S/C14H16N2O2/c1-2-11-3-5-12(6-4-11)13-9-15-16(10-13)8-7-14(17)18/h3-6,9-10H,2,7-8H2,1H3,(H,17,18). The third kappa shape index (κ3) is 2.97. The molecule has 2 rings (SSSR count). The minimum Gasteiger partial charge on any atom is -0.481 e. The van der Waals surface area contributed by atoms with Gasteiger partial charge in [-0.05, 0) is 17.5 Å². The van der Waals surface area contributed by atoms with Crippen molar-refractivity contribution in [1.82, 2.24) is 9.78 Å². The largest absolute Gasteiger partial charge is 0.481 e. The fourth-order valence-corrected chi connectivity index (χ4v) is 1.78. The van der Waals surface area contributed by atoms with Gasteiger partial charge in [0.15, 0.2) is 0 Å². The highest BCUT2D eigenvalue weighted by atomic mass is 16.4. The molecule has 4 heteroatoms. The van der Waals surface area contributed by atoms with Crippen molar-refractivity contribution < 1.29 is 9.90 Å². The van der Waals surface area contributed by atoms with E-state index in [0.29, 0.717) is 6.54 Å². The van der Waals surface area contributed by atoms with E-state index >= 15 is 0 Å². The zero-order chi connectivity index (χ0) is 13.0. The zero-order valence-electron chi connectivity index (χ0n) is 10.3. The van der Waals surface area contributed by atoms with Crippen LogP contribution in [0.5, 0.6) is 0 Å². The van der Waals surface area contributed by atoms with Gasteiger partial charge in [-0.15, -0.1) is 0 Å². The molecule has 0 fully saturated rings. The highest BCUT2D eigenvalue weighted by Gasteiger charge is 2.03. The van der Waals surface area contributed by atoms with Gasteiger partial charge in [-0.25, -0.2) is 0 Å². The molecule has 18 heavy (non-hydrogen) atoms. The Kier molecular flexibility index (Phi) is 3.77. The van der Waals surface area contributed by atoms with E-state index in [2.05, 4.69) is 36.3 Å². The fraction of sp³-hybridized carbons (Fsp3) is 0.286. The monoisotopic (exact) mass is 244 g/mol. The predicted octanol–water partition coefficient (Wildman–Crippen LogP) is 2.59. The highest BCUT2D eigenvalue weighted by molar-refractivity contribution is 5.66. The summed E-state index contributed by atoms with van der Waals surface area (Å²) in [5.74, 6) is -0.806. The van der Waals surface area contributed by atoms with E-state index in [1.807, 2.05) is 6.20 Å². The number of carboxylic acid groups (broad SMARTS) is 1. The van der Waals surface area contributed by atoms with Crippen molar-refractivity contribution in [1.29, 1.82) is 0 Å². The van der Waals surface area contributed by atoms with Crippen LogP contribution < -0.4 is 0 Å². The molecule has 0 aliphatic rings. The smallest absolute Gasteiger partial charge is 0.305 e. The Hall–Kier alpha value is -2.10. The predicted molar refractivity (Wildman–Crippen MR) is 69.3 cm³/mol. The van der Waals surface area contributed by atoms with Crippen molar-refractivity contribution in [3.8, 4) is 11.1 Å². The number of aromatic nitrogens is 2. The summed E-state index contributed by atoms with van der Waals surface area (Å²) in [6.45, 7) is 2.53. The molecule has 1 aromatic heterocycles. The molecule has 0 radical (unpaired) electrons. The lowest BCUT2D eigenvalue weighted by molar-refractivity contribution is -0.137. The number of carboxylic acids is 1. The average Bonchev–Trinajstić information content (AvgIpc) is 2.85. The van der Waals surface area contributed by atoms with Crippen molar-refractivity contribution in [3.05, 3.63) is 42.2 Å². The maximum atomic E-state index is 10.5. The number of nitrogens with zero attached hydrogens (tertiary/aromatic N) is 2. The van der Waals surface area contributed by atoms with Crippen LogP contribution >= 0.6 is 0 Å². The molecule has 0 spiro atoms. The van der Waals surface area contributed by atoms with Crippen molar-refractivity contribution in [2.75, 3.05) is 0 Å². The topological polar surface area (TPSA) is 55.1 Å². The normalized spacial score (nSPS) is 10.5. The van der Waals surface area contributed by atoms with Crippen molar-refractivity contribution in [3.63, 3.8) is 0 Å². The molecule has 0 bridgehead atoms. The van der Waals surface area contributed by atoms with E-state index in [1.165, 1.54) is 5.56 Å². The number of carbonyl (C=O) groups is 1. The van der Waals surface area contributed by atoms with E-state index in [-0.39, 0.29) is 6.42 Å². The van der Waals surface area contributed by atoms with Crippen LogP contribution in [-0.4, -0.2) is 20.9 Å². The van der Waals surface area contributed by atoms with Crippen molar-refractivity contribution >= 4 is 5.97 Å². The Morgan fingerprint density at radius 3 is 2.61 bits per heavy atom. The van der Waals surface area contributed by atoms with Gasteiger partial charge in [0.1, 0.15) is 0 Å². The highest BCUT2D eigenvalue weighted by Crippen LogP contribution is 2.19. The van der Waals surface area contributed by atoms with Crippen LogP contribution in [0.3, 0.4) is 0 Å². The molecule has 0 unspecified atom stereocenters. The molecule has 1 heterocycles. The third-order valence-electron chi connectivity index (χ3n) is 2.88. The quantitative estimate of drug-likeness (QED) is 0.879. The first-order valence-corrected chi connectivity index (χ1v) is 6.02. The number of benzene rings is 1. The Morgan fingerprint density at radius 1 is 1.28 bits per heavy atom. The number of hydrogen-bond acceptors (Lipinski definition) is 2. The van der Waals surface area contributed by atoms with E-state index in [4.69, 9.17) is 5.11 Å². The molecule has 1 N–H and O–H groups in total. The molecule has 0 aliphatic heterocycles. The molecule has 94 valence electrons. The molecule has 0 aliphatic carbocycles. The molecule has 1 aromatic carbocycles. The molecule has 0 amide bonds. The van der Waals surface area contributed by atoms with Gasteiger partial charge in [-0.1, -0.05) is 31.2 Å². The summed E-state index contributed by atoms with van der Waals surface area (Å²) in [6, 6.07) is 8.34. The summed E-state index contributed by atoms with van der Waals surface area (Å²) in [7, 11) is 0. The second-order valence-electron chi connectivity index (χ2n) is 4.19. The van der Waals surface area contributed by atoms with Crippen molar-refractivity contribution in [2.24, 2.45) is 0 Å². The maximum Gasteiger partial charge on any atom is 0.305 e. The lowest BCUT2D eigenvalue weighted by Crippen LogP contribution is -2.04. The average molecular weight is 244 g/mol. The second-order valence-corrected chi connectivity index (χ2v) is 4.19. The van der Waals surface area contributed by atoms with Gasteiger partial charge in [0, 0.05) is 11.8 Å². The SMILES string of the molecule is CCc1ccc(-c2cnn(CCC(=O)O)c2)cc1. The van der Waals surface area contributed by atoms with Crippen LogP contribution in [0, 0.1) is 0 Å². The number of aryl methyl sites for hydroxylation is 2. The van der Waals surface area contributed by atoms with Crippen LogP contribution in [0.15, 0.2) is 36.7 Å². The summed E-state index contributed by atoms with van der Waals surface area (Å²) in [5.41, 5.74) is 3.42. The molecule has 2 aromatic rings. The first kappa shape index (κ1) is 12.4. The Morgan fingerprint density at radius 2 is 2.00 bits per heavy atom. The molecular weight excluding hydrogens is 228 g/mol. The lowest BCUT2D eigenvalue weighted by Gasteiger charge is -2.00. The van der Waals surface area contributed by atoms with Gasteiger partial charge >= 0.3 is 5.97 Å². The zero-order valence-corrected chi connectivity index (χ0v) is 10.3. The summed E-state index contributed by atoms with van der Waals surface area (Å²) in [6.07, 6.45) is 4.76. The van der Waals surface area contributed by atoms with Crippen LogP contribution in [0.4, 0.5) is 0 Å². The van der Waals surface area contributed by atoms with Crippen molar-refractivity contribution in [2.45, 2.75) is 26.3 Å². The fourth-order valence-electron chi connectivity index (χ4n) is 1.78. The lowest BCUT2D eigenvalue weighted by atomic mass is 10.1. The molecular formula is C14H16N2O2. The van der Waals surface area contributed by atoms with Gasteiger partial charge in [-0.2, -0.15) is 5.10 Å². The second kappa shape index (κ2) is 5.49. The number of rotatable bonds is 5. The van der Waals surface area contributed by atoms with Gasteiger partial charge in [0.2, 0.25) is 0 Å². The third-order valence-corrected chi connectivity index (χ3v) is 2.88. The van der Waals surface area contributed by atoms with Gasteiger partial charge < -0.3 is 5.11 Å². The number of aliphatic carboxylic acids is 1. The number of hydrogen-bond donors (Lipinski definition) is 1. The van der Waals surface area contributed by atoms with Crippen LogP contribution in [0.25, 0.3) is 11.1 Å². The first-order valence-electron chi connectivity index (χ1n) is 6.02. The Labute approximate surface area is 106 Å². The molecule has 0 saturated heterocycles. The summed E-state index contributed by atoms with van der Waals surface area (Å²) in [5, 5.41) is 12.8. The van der Waals surface area contributed by atoms with Gasteiger partial charge in [-0.3, -0.25) is 9.48 Å². The van der Waals surface area contributed by atoms with E-state index in [9.17, 15) is 4.79 Å². The minimum absolute atomic E-state index is 0.0931. The van der Waals surface area contributed by atoms with Gasteiger partial charge in [0.25, 0.3) is 0 Å². The Balaban J connectivity index is 2.10.